The Morgan fingerprint density at radius 2 is 2.09 bits per heavy atom. The third-order valence-corrected chi connectivity index (χ3v) is 4.22. The molecule has 1 aliphatic carbocycles. The summed E-state index contributed by atoms with van der Waals surface area (Å²) < 4.78 is 24.7. The Kier molecular flexibility index (Phi) is 5.47. The lowest BCUT2D eigenvalue weighted by Crippen LogP contribution is -2.13. The molecule has 0 aliphatic heterocycles. The average molecular weight is 343 g/mol. The van der Waals surface area contributed by atoms with Gasteiger partial charge in [-0.2, -0.15) is 0 Å². The summed E-state index contributed by atoms with van der Waals surface area (Å²) in [6.07, 6.45) is 7.92. The molecule has 0 aromatic heterocycles. The van der Waals surface area contributed by atoms with Crippen LogP contribution in [-0.2, 0) is 14.8 Å². The van der Waals surface area contributed by atoms with Crippen LogP contribution in [0.1, 0.15) is 32.1 Å². The number of hydrogen-bond acceptors (Lipinski definition) is 3. The number of allylic oxidation sites excluding steroid dienone is 1. The summed E-state index contributed by atoms with van der Waals surface area (Å²) in [7, 11) is -3.38. The van der Waals surface area contributed by atoms with Crippen LogP contribution in [0.25, 0.3) is 0 Å². The fraction of sp³-hybridized carbons (Fsp3) is 0.400. The van der Waals surface area contributed by atoms with Crippen molar-refractivity contribution in [2.45, 2.75) is 32.1 Å². The van der Waals surface area contributed by atoms with E-state index in [4.69, 9.17) is 11.6 Å². The van der Waals surface area contributed by atoms with Gasteiger partial charge in [-0.15, -0.1) is 0 Å². The molecular weight excluding hydrogens is 324 g/mol. The monoisotopic (exact) mass is 342 g/mol. The first kappa shape index (κ1) is 16.8. The van der Waals surface area contributed by atoms with Crippen LogP contribution in [0.2, 0.25) is 5.02 Å². The molecular formula is C15H19ClN2O3S. The number of benzene rings is 1. The van der Waals surface area contributed by atoms with Crippen LogP contribution < -0.4 is 10.0 Å². The summed E-state index contributed by atoms with van der Waals surface area (Å²) in [6, 6.07) is 4.67. The molecule has 1 aromatic carbocycles. The predicted octanol–water partition coefficient (Wildman–Crippen LogP) is 3.54. The molecule has 0 radical (unpaired) electrons. The standard InChI is InChI=1S/C15H19ClN2O3S/c1-22(20,21)18-14-8-7-12(10-13(14)16)17-15(19)9-11-5-3-2-4-6-11/h5,7-8,10,18H,2-4,6,9H2,1H3,(H,17,19). The van der Waals surface area contributed by atoms with Crippen LogP contribution in [0, 0.1) is 0 Å². The molecule has 1 aliphatic rings. The molecule has 2 N–H and O–H groups in total. The maximum absolute atomic E-state index is 12.0. The number of sulfonamides is 1. The average Bonchev–Trinajstić information content (AvgIpc) is 2.41. The summed E-state index contributed by atoms with van der Waals surface area (Å²) in [5.74, 6) is -0.0898. The normalized spacial score (nSPS) is 15.1. The Labute approximate surface area is 135 Å². The summed E-state index contributed by atoms with van der Waals surface area (Å²) in [4.78, 5) is 12.0. The Bertz CT molecular complexity index is 699. The number of nitrogens with one attached hydrogen (secondary N) is 2. The predicted molar refractivity (Wildman–Crippen MR) is 89.7 cm³/mol. The van der Waals surface area contributed by atoms with Crippen molar-refractivity contribution >= 4 is 38.9 Å². The van der Waals surface area contributed by atoms with Gasteiger partial charge in [-0.3, -0.25) is 9.52 Å². The fourth-order valence-corrected chi connectivity index (χ4v) is 3.21. The minimum atomic E-state index is -3.38. The van der Waals surface area contributed by atoms with Gasteiger partial charge in [0.1, 0.15) is 0 Å². The van der Waals surface area contributed by atoms with E-state index >= 15 is 0 Å². The fourth-order valence-electron chi connectivity index (χ4n) is 2.35. The second-order valence-electron chi connectivity index (χ2n) is 5.40. The van der Waals surface area contributed by atoms with Gasteiger partial charge in [0.05, 0.1) is 17.0 Å². The number of carbonyl (C=O) groups excluding carboxylic acids is 1. The third-order valence-electron chi connectivity index (χ3n) is 3.32. The SMILES string of the molecule is CS(=O)(=O)Nc1ccc(NC(=O)CC2=CCCCC2)cc1Cl. The minimum absolute atomic E-state index is 0.0898. The number of carbonyl (C=O) groups is 1. The lowest BCUT2D eigenvalue weighted by Gasteiger charge is -2.13. The smallest absolute Gasteiger partial charge is 0.229 e. The number of hydrogen-bond donors (Lipinski definition) is 2. The summed E-state index contributed by atoms with van der Waals surface area (Å²) in [6.45, 7) is 0. The van der Waals surface area contributed by atoms with Crippen molar-refractivity contribution in [3.63, 3.8) is 0 Å². The lowest BCUT2D eigenvalue weighted by molar-refractivity contribution is -0.115. The van der Waals surface area contributed by atoms with E-state index in [-0.39, 0.29) is 16.6 Å². The molecule has 2 rings (SSSR count). The van der Waals surface area contributed by atoms with Crippen LogP contribution in [-0.4, -0.2) is 20.6 Å². The molecule has 0 heterocycles. The molecule has 0 saturated carbocycles. The van der Waals surface area contributed by atoms with Gasteiger partial charge in [0.15, 0.2) is 0 Å². The van der Waals surface area contributed by atoms with Crippen molar-refractivity contribution in [3.05, 3.63) is 34.9 Å². The van der Waals surface area contributed by atoms with Crippen molar-refractivity contribution in [1.82, 2.24) is 0 Å². The van der Waals surface area contributed by atoms with Gasteiger partial charge in [-0.25, -0.2) is 8.42 Å². The molecule has 0 spiro atoms. The van der Waals surface area contributed by atoms with Gasteiger partial charge in [-0.1, -0.05) is 23.3 Å². The first-order chi connectivity index (χ1) is 10.3. The van der Waals surface area contributed by atoms with Gasteiger partial charge in [-0.05, 0) is 43.9 Å². The van der Waals surface area contributed by atoms with Crippen LogP contribution in [0.5, 0.6) is 0 Å². The van der Waals surface area contributed by atoms with E-state index in [0.29, 0.717) is 12.1 Å². The quantitative estimate of drug-likeness (QED) is 0.803. The third kappa shape index (κ3) is 5.35. The highest BCUT2D eigenvalue weighted by Crippen LogP contribution is 2.27. The highest BCUT2D eigenvalue weighted by Gasteiger charge is 2.11. The molecule has 0 saturated heterocycles. The highest BCUT2D eigenvalue weighted by molar-refractivity contribution is 7.92. The van der Waals surface area contributed by atoms with E-state index in [0.717, 1.165) is 25.5 Å². The maximum Gasteiger partial charge on any atom is 0.229 e. The van der Waals surface area contributed by atoms with Crippen molar-refractivity contribution in [1.29, 1.82) is 0 Å². The van der Waals surface area contributed by atoms with E-state index in [1.165, 1.54) is 24.1 Å². The first-order valence-electron chi connectivity index (χ1n) is 7.08. The van der Waals surface area contributed by atoms with Crippen LogP contribution in [0.15, 0.2) is 29.8 Å². The molecule has 0 atom stereocenters. The van der Waals surface area contributed by atoms with Gasteiger partial charge in [0, 0.05) is 12.1 Å². The molecule has 0 fully saturated rings. The maximum atomic E-state index is 12.0. The van der Waals surface area contributed by atoms with Crippen molar-refractivity contribution < 1.29 is 13.2 Å². The summed E-state index contributed by atoms with van der Waals surface area (Å²) in [5, 5.41) is 3.01. The van der Waals surface area contributed by atoms with Gasteiger partial charge in [0.25, 0.3) is 0 Å². The van der Waals surface area contributed by atoms with E-state index in [2.05, 4.69) is 16.1 Å². The summed E-state index contributed by atoms with van der Waals surface area (Å²) >= 11 is 6.02. The highest BCUT2D eigenvalue weighted by atomic mass is 35.5. The molecule has 1 aromatic rings. The topological polar surface area (TPSA) is 75.3 Å². The Morgan fingerprint density at radius 1 is 1.32 bits per heavy atom. The van der Waals surface area contributed by atoms with Crippen molar-refractivity contribution in [3.8, 4) is 0 Å². The molecule has 7 heteroatoms. The van der Waals surface area contributed by atoms with Crippen LogP contribution in [0.4, 0.5) is 11.4 Å². The first-order valence-corrected chi connectivity index (χ1v) is 9.35. The number of amides is 1. The Balaban J connectivity index is 1.99. The number of anilines is 2. The summed E-state index contributed by atoms with van der Waals surface area (Å²) in [5.41, 5.74) is 2.01. The van der Waals surface area contributed by atoms with Gasteiger partial charge in [0.2, 0.25) is 15.9 Å². The molecule has 5 nitrogen and oxygen atoms in total. The van der Waals surface area contributed by atoms with Crippen LogP contribution in [0.3, 0.4) is 0 Å². The number of rotatable bonds is 5. The molecule has 22 heavy (non-hydrogen) atoms. The second-order valence-corrected chi connectivity index (χ2v) is 7.56. The largest absolute Gasteiger partial charge is 0.326 e. The molecule has 0 bridgehead atoms. The molecule has 1 amide bonds. The molecule has 120 valence electrons. The Morgan fingerprint density at radius 3 is 2.68 bits per heavy atom. The van der Waals surface area contributed by atoms with E-state index < -0.39 is 10.0 Å². The van der Waals surface area contributed by atoms with E-state index in [9.17, 15) is 13.2 Å². The zero-order chi connectivity index (χ0) is 16.2. The van der Waals surface area contributed by atoms with Crippen molar-refractivity contribution in [2.75, 3.05) is 16.3 Å². The Hall–Kier alpha value is -1.53. The lowest BCUT2D eigenvalue weighted by atomic mass is 9.97. The van der Waals surface area contributed by atoms with E-state index in [1.807, 2.05) is 0 Å². The zero-order valence-electron chi connectivity index (χ0n) is 12.4. The van der Waals surface area contributed by atoms with Gasteiger partial charge >= 0.3 is 0 Å². The van der Waals surface area contributed by atoms with E-state index in [1.54, 1.807) is 6.07 Å². The zero-order valence-corrected chi connectivity index (χ0v) is 13.9. The number of halogens is 1. The minimum Gasteiger partial charge on any atom is -0.326 e. The second kappa shape index (κ2) is 7.15. The van der Waals surface area contributed by atoms with Gasteiger partial charge < -0.3 is 5.32 Å². The van der Waals surface area contributed by atoms with Crippen LogP contribution >= 0.6 is 11.6 Å². The molecule has 0 unspecified atom stereocenters. The van der Waals surface area contributed by atoms with Crippen molar-refractivity contribution in [2.24, 2.45) is 0 Å².